The van der Waals surface area contributed by atoms with E-state index in [0.717, 1.165) is 37.6 Å². The molecule has 6 heteroatoms. The zero-order valence-electron chi connectivity index (χ0n) is 11.9. The number of nitrogens with one attached hydrogen (secondary N) is 1. The highest BCUT2D eigenvalue weighted by Gasteiger charge is 2.03. The van der Waals surface area contributed by atoms with Gasteiger partial charge in [0, 0.05) is 18.3 Å². The summed E-state index contributed by atoms with van der Waals surface area (Å²) in [5.41, 5.74) is 1.15. The Labute approximate surface area is 113 Å². The third kappa shape index (κ3) is 4.17. The lowest BCUT2D eigenvalue weighted by Crippen LogP contribution is -2.19. The van der Waals surface area contributed by atoms with Crippen molar-refractivity contribution >= 4 is 0 Å². The second-order valence-electron chi connectivity index (χ2n) is 5.09. The van der Waals surface area contributed by atoms with E-state index in [4.69, 9.17) is 0 Å². The van der Waals surface area contributed by atoms with Gasteiger partial charge in [-0.3, -0.25) is 4.68 Å². The molecule has 0 amide bonds. The van der Waals surface area contributed by atoms with Crippen molar-refractivity contribution in [3.05, 3.63) is 30.1 Å². The van der Waals surface area contributed by atoms with Gasteiger partial charge in [-0.1, -0.05) is 13.8 Å². The highest BCUT2D eigenvalue weighted by atomic mass is 15.3. The molecule has 0 bridgehead atoms. The molecule has 2 rings (SSSR count). The van der Waals surface area contributed by atoms with E-state index in [-0.39, 0.29) is 0 Å². The largest absolute Gasteiger partial charge is 0.310 e. The van der Waals surface area contributed by atoms with Crippen molar-refractivity contribution in [1.82, 2.24) is 29.9 Å². The lowest BCUT2D eigenvalue weighted by atomic mass is 10.2. The van der Waals surface area contributed by atoms with Gasteiger partial charge in [0.1, 0.15) is 6.33 Å². The third-order valence-electron chi connectivity index (χ3n) is 2.77. The predicted molar refractivity (Wildman–Crippen MR) is 73.6 cm³/mol. The normalized spacial score (nSPS) is 11.4. The maximum absolute atomic E-state index is 4.44. The van der Waals surface area contributed by atoms with Crippen LogP contribution in [0.2, 0.25) is 0 Å². The van der Waals surface area contributed by atoms with E-state index in [1.807, 2.05) is 21.8 Å². The van der Waals surface area contributed by atoms with Gasteiger partial charge in [-0.25, -0.2) is 9.67 Å². The van der Waals surface area contributed by atoms with Crippen LogP contribution in [0.25, 0.3) is 0 Å². The smallest absolute Gasteiger partial charge is 0.164 e. The minimum atomic E-state index is 0.641. The molecule has 0 aliphatic rings. The third-order valence-corrected chi connectivity index (χ3v) is 2.77. The summed E-state index contributed by atoms with van der Waals surface area (Å²) in [4.78, 5) is 4.30. The number of hydrogen-bond donors (Lipinski definition) is 1. The lowest BCUT2D eigenvalue weighted by molar-refractivity contribution is 0.539. The monoisotopic (exact) mass is 262 g/mol. The number of nitrogens with zero attached hydrogens (tertiary/aromatic N) is 5. The van der Waals surface area contributed by atoms with E-state index in [2.05, 4.69) is 41.3 Å². The molecule has 1 N–H and O–H groups in total. The van der Waals surface area contributed by atoms with Gasteiger partial charge in [-0.15, -0.1) is 0 Å². The van der Waals surface area contributed by atoms with E-state index in [1.165, 1.54) is 0 Å². The first kappa shape index (κ1) is 13.7. The molecule has 6 nitrogen and oxygen atoms in total. The molecule has 0 aliphatic heterocycles. The Bertz CT molecular complexity index is 499. The van der Waals surface area contributed by atoms with Crippen LogP contribution in [0.3, 0.4) is 0 Å². The van der Waals surface area contributed by atoms with E-state index in [1.54, 1.807) is 6.33 Å². The van der Waals surface area contributed by atoms with E-state index in [0.29, 0.717) is 5.92 Å². The lowest BCUT2D eigenvalue weighted by Gasteiger charge is -2.04. The molecule has 2 heterocycles. The van der Waals surface area contributed by atoms with Gasteiger partial charge in [0.15, 0.2) is 5.82 Å². The summed E-state index contributed by atoms with van der Waals surface area (Å²) in [5.74, 6) is 1.48. The van der Waals surface area contributed by atoms with Crippen molar-refractivity contribution in [2.24, 2.45) is 5.92 Å². The van der Waals surface area contributed by atoms with Crippen LogP contribution in [0.15, 0.2) is 18.7 Å². The SMILES string of the molecule is CCn1cc(Cn2cnc(CNCC(C)C)n2)cn1. The second-order valence-corrected chi connectivity index (χ2v) is 5.09. The summed E-state index contributed by atoms with van der Waals surface area (Å²) in [6, 6.07) is 0. The van der Waals surface area contributed by atoms with Crippen molar-refractivity contribution in [3.8, 4) is 0 Å². The number of hydrogen-bond acceptors (Lipinski definition) is 4. The average molecular weight is 262 g/mol. The summed E-state index contributed by atoms with van der Waals surface area (Å²) in [7, 11) is 0. The quantitative estimate of drug-likeness (QED) is 0.817. The molecule has 0 saturated heterocycles. The van der Waals surface area contributed by atoms with Crippen LogP contribution >= 0.6 is 0 Å². The predicted octanol–water partition coefficient (Wildman–Crippen LogP) is 1.29. The van der Waals surface area contributed by atoms with Crippen molar-refractivity contribution in [1.29, 1.82) is 0 Å². The number of aryl methyl sites for hydroxylation is 1. The summed E-state index contributed by atoms with van der Waals surface area (Å²) in [5, 5.41) is 12.0. The van der Waals surface area contributed by atoms with Crippen LogP contribution in [0.5, 0.6) is 0 Å². The maximum atomic E-state index is 4.44. The molecule has 19 heavy (non-hydrogen) atoms. The molecule has 0 unspecified atom stereocenters. The molecule has 0 atom stereocenters. The van der Waals surface area contributed by atoms with Gasteiger partial charge in [-0.2, -0.15) is 10.2 Å². The second kappa shape index (κ2) is 6.47. The fraction of sp³-hybridized carbons (Fsp3) is 0.615. The first-order chi connectivity index (χ1) is 9.17. The Morgan fingerprint density at radius 3 is 2.84 bits per heavy atom. The highest BCUT2D eigenvalue weighted by molar-refractivity contribution is 5.04. The van der Waals surface area contributed by atoms with Gasteiger partial charge < -0.3 is 5.32 Å². The first-order valence-electron chi connectivity index (χ1n) is 6.77. The van der Waals surface area contributed by atoms with E-state index >= 15 is 0 Å². The summed E-state index contributed by atoms with van der Waals surface area (Å²) >= 11 is 0. The minimum Gasteiger partial charge on any atom is -0.310 e. The first-order valence-corrected chi connectivity index (χ1v) is 6.77. The zero-order valence-corrected chi connectivity index (χ0v) is 11.9. The van der Waals surface area contributed by atoms with Crippen LogP contribution in [0, 0.1) is 5.92 Å². The Hall–Kier alpha value is -1.69. The molecule has 104 valence electrons. The van der Waals surface area contributed by atoms with Gasteiger partial charge in [0.05, 0.1) is 19.3 Å². The van der Waals surface area contributed by atoms with Gasteiger partial charge in [-0.05, 0) is 19.4 Å². The molecule has 0 fully saturated rings. The summed E-state index contributed by atoms with van der Waals surface area (Å²) < 4.78 is 3.76. The topological polar surface area (TPSA) is 60.6 Å². The van der Waals surface area contributed by atoms with Gasteiger partial charge in [0.25, 0.3) is 0 Å². The molecule has 0 spiro atoms. The van der Waals surface area contributed by atoms with Crippen molar-refractivity contribution in [2.75, 3.05) is 6.54 Å². The standard InChI is InChI=1S/C13H22N6/c1-4-18-8-12(6-16-18)9-19-10-15-13(17-19)7-14-5-11(2)3/h6,8,10-11,14H,4-5,7,9H2,1-3H3. The highest BCUT2D eigenvalue weighted by Crippen LogP contribution is 2.01. The number of rotatable bonds is 7. The van der Waals surface area contributed by atoms with Crippen molar-refractivity contribution in [2.45, 2.75) is 40.4 Å². The Kier molecular flexibility index (Phi) is 4.68. The van der Waals surface area contributed by atoms with Crippen LogP contribution in [-0.4, -0.2) is 31.1 Å². The zero-order chi connectivity index (χ0) is 13.7. The molecule has 0 radical (unpaired) electrons. The molecular weight excluding hydrogens is 240 g/mol. The Balaban J connectivity index is 1.86. The maximum Gasteiger partial charge on any atom is 0.164 e. The molecule has 2 aromatic heterocycles. The number of aromatic nitrogens is 5. The molecule has 0 saturated carbocycles. The van der Waals surface area contributed by atoms with Crippen LogP contribution in [-0.2, 0) is 19.6 Å². The molecule has 0 aromatic carbocycles. The summed E-state index contributed by atoms with van der Waals surface area (Å²) in [6.45, 7) is 9.76. The van der Waals surface area contributed by atoms with Crippen LogP contribution < -0.4 is 5.32 Å². The van der Waals surface area contributed by atoms with Gasteiger partial charge >= 0.3 is 0 Å². The minimum absolute atomic E-state index is 0.641. The fourth-order valence-corrected chi connectivity index (χ4v) is 1.81. The Morgan fingerprint density at radius 1 is 1.32 bits per heavy atom. The van der Waals surface area contributed by atoms with Crippen LogP contribution in [0.1, 0.15) is 32.2 Å². The average Bonchev–Trinajstić information content (AvgIpc) is 2.99. The van der Waals surface area contributed by atoms with Crippen molar-refractivity contribution in [3.63, 3.8) is 0 Å². The fourth-order valence-electron chi connectivity index (χ4n) is 1.81. The van der Waals surface area contributed by atoms with Crippen LogP contribution in [0.4, 0.5) is 0 Å². The molecule has 2 aromatic rings. The van der Waals surface area contributed by atoms with Gasteiger partial charge in [0.2, 0.25) is 0 Å². The van der Waals surface area contributed by atoms with E-state index < -0.39 is 0 Å². The molecule has 0 aliphatic carbocycles. The van der Waals surface area contributed by atoms with Crippen molar-refractivity contribution < 1.29 is 0 Å². The van der Waals surface area contributed by atoms with E-state index in [9.17, 15) is 0 Å². The molecular formula is C13H22N6. The summed E-state index contributed by atoms with van der Waals surface area (Å²) in [6.07, 6.45) is 5.69. The Morgan fingerprint density at radius 2 is 2.16 bits per heavy atom.